The van der Waals surface area contributed by atoms with Crippen LogP contribution in [0.25, 0.3) is 16.7 Å². The third-order valence-electron chi connectivity index (χ3n) is 3.05. The number of hydrogen-bond acceptors (Lipinski definition) is 4. The van der Waals surface area contributed by atoms with Gasteiger partial charge in [0.15, 0.2) is 0 Å². The lowest BCUT2D eigenvalue weighted by Crippen LogP contribution is -2.14. The minimum atomic E-state index is -0.550. The molecule has 0 unspecified atom stereocenters. The average molecular weight is 306 g/mol. The highest BCUT2D eigenvalue weighted by Gasteiger charge is 2.15. The van der Waals surface area contributed by atoms with Gasteiger partial charge in [0, 0.05) is 17.2 Å². The predicted molar refractivity (Wildman–Crippen MR) is 77.2 cm³/mol. The minimum Gasteiger partial charge on any atom is -0.506 e. The van der Waals surface area contributed by atoms with Gasteiger partial charge in [0.25, 0.3) is 5.69 Å². The van der Waals surface area contributed by atoms with Crippen molar-refractivity contribution in [3.8, 4) is 11.4 Å². The first kappa shape index (κ1) is 13.2. The standard InChI is InChI=1S/C13H8ClN3O4/c14-7-1-4-12(18)11(5-7)16-10-3-2-8(17(20)21)6-9(10)15-13(16)19/h1-6,18H,(H,15,19). The molecule has 2 aromatic carbocycles. The first-order chi connectivity index (χ1) is 9.97. The number of nitro groups is 1. The number of H-pyrrole nitrogens is 1. The number of rotatable bonds is 2. The van der Waals surface area contributed by atoms with Crippen LogP contribution in [0.5, 0.6) is 5.75 Å². The minimum absolute atomic E-state index is 0.124. The number of phenols is 1. The molecule has 1 heterocycles. The Morgan fingerprint density at radius 1 is 1.24 bits per heavy atom. The fourth-order valence-electron chi connectivity index (χ4n) is 2.13. The number of nitro benzene ring substituents is 1. The molecule has 0 spiro atoms. The number of hydrogen-bond donors (Lipinski definition) is 2. The summed E-state index contributed by atoms with van der Waals surface area (Å²) >= 11 is 5.88. The summed E-state index contributed by atoms with van der Waals surface area (Å²) in [6, 6.07) is 8.28. The number of benzene rings is 2. The van der Waals surface area contributed by atoms with E-state index in [0.717, 1.165) is 0 Å². The molecule has 21 heavy (non-hydrogen) atoms. The molecule has 106 valence electrons. The van der Waals surface area contributed by atoms with Crippen LogP contribution in [-0.2, 0) is 0 Å². The highest BCUT2D eigenvalue weighted by atomic mass is 35.5. The molecule has 0 aliphatic carbocycles. The van der Waals surface area contributed by atoms with Crippen LogP contribution >= 0.6 is 11.6 Å². The molecule has 7 nitrogen and oxygen atoms in total. The van der Waals surface area contributed by atoms with E-state index in [2.05, 4.69) is 4.98 Å². The highest BCUT2D eigenvalue weighted by Crippen LogP contribution is 2.28. The second-order valence-corrected chi connectivity index (χ2v) is 4.79. The van der Waals surface area contributed by atoms with Crippen molar-refractivity contribution < 1.29 is 10.0 Å². The average Bonchev–Trinajstić information content (AvgIpc) is 2.76. The monoisotopic (exact) mass is 305 g/mol. The lowest BCUT2D eigenvalue weighted by atomic mass is 10.2. The smallest absolute Gasteiger partial charge is 0.331 e. The van der Waals surface area contributed by atoms with Gasteiger partial charge in [-0.2, -0.15) is 0 Å². The largest absolute Gasteiger partial charge is 0.506 e. The molecule has 0 atom stereocenters. The number of aromatic amines is 1. The van der Waals surface area contributed by atoms with Crippen molar-refractivity contribution >= 4 is 28.3 Å². The van der Waals surface area contributed by atoms with Gasteiger partial charge >= 0.3 is 5.69 Å². The highest BCUT2D eigenvalue weighted by molar-refractivity contribution is 6.30. The Kier molecular flexibility index (Phi) is 2.91. The van der Waals surface area contributed by atoms with E-state index in [0.29, 0.717) is 16.1 Å². The number of aromatic hydroxyl groups is 1. The maximum atomic E-state index is 12.1. The molecular weight excluding hydrogens is 298 g/mol. The van der Waals surface area contributed by atoms with Crippen LogP contribution in [-0.4, -0.2) is 19.6 Å². The molecule has 0 saturated heterocycles. The molecule has 0 saturated carbocycles. The Morgan fingerprint density at radius 2 is 2.00 bits per heavy atom. The van der Waals surface area contributed by atoms with Crippen LogP contribution in [0.4, 0.5) is 5.69 Å². The van der Waals surface area contributed by atoms with Crippen molar-refractivity contribution in [2.75, 3.05) is 0 Å². The summed E-state index contributed by atoms with van der Waals surface area (Å²) in [7, 11) is 0. The van der Waals surface area contributed by atoms with Gasteiger partial charge in [0.1, 0.15) is 5.75 Å². The predicted octanol–water partition coefficient (Wildman–Crippen LogP) is 2.59. The fraction of sp³-hybridized carbons (Fsp3) is 0. The number of fused-ring (bicyclic) bond motifs is 1. The molecule has 0 aliphatic heterocycles. The Bertz CT molecular complexity index is 929. The molecule has 8 heteroatoms. The van der Waals surface area contributed by atoms with Crippen LogP contribution in [0.3, 0.4) is 0 Å². The molecule has 0 radical (unpaired) electrons. The van der Waals surface area contributed by atoms with E-state index in [1.807, 2.05) is 0 Å². The zero-order valence-corrected chi connectivity index (χ0v) is 11.2. The van der Waals surface area contributed by atoms with Crippen LogP contribution in [0.1, 0.15) is 0 Å². The van der Waals surface area contributed by atoms with Crippen LogP contribution in [0, 0.1) is 10.1 Å². The normalized spacial score (nSPS) is 10.9. The van der Waals surface area contributed by atoms with E-state index in [4.69, 9.17) is 11.6 Å². The van der Waals surface area contributed by atoms with E-state index >= 15 is 0 Å². The van der Waals surface area contributed by atoms with Gasteiger partial charge in [0.05, 0.1) is 21.6 Å². The summed E-state index contributed by atoms with van der Waals surface area (Å²) in [5.41, 5.74) is 0.249. The van der Waals surface area contributed by atoms with E-state index in [1.54, 1.807) is 0 Å². The van der Waals surface area contributed by atoms with E-state index < -0.39 is 10.6 Å². The molecule has 0 aliphatic rings. The Labute approximate surface area is 122 Å². The van der Waals surface area contributed by atoms with Crippen LogP contribution in [0.2, 0.25) is 5.02 Å². The van der Waals surface area contributed by atoms with Crippen molar-refractivity contribution in [3.05, 3.63) is 62.0 Å². The second-order valence-electron chi connectivity index (χ2n) is 4.36. The molecule has 1 aromatic heterocycles. The van der Waals surface area contributed by atoms with Crippen molar-refractivity contribution in [1.29, 1.82) is 0 Å². The van der Waals surface area contributed by atoms with E-state index in [1.165, 1.54) is 41.0 Å². The summed E-state index contributed by atoms with van der Waals surface area (Å²) in [6.45, 7) is 0. The van der Waals surface area contributed by atoms with Crippen molar-refractivity contribution in [2.24, 2.45) is 0 Å². The summed E-state index contributed by atoms with van der Waals surface area (Å²) in [6.07, 6.45) is 0. The van der Waals surface area contributed by atoms with Crippen molar-refractivity contribution in [3.63, 3.8) is 0 Å². The quantitative estimate of drug-likeness (QED) is 0.561. The molecular formula is C13H8ClN3O4. The van der Waals surface area contributed by atoms with Gasteiger partial charge in [-0.05, 0) is 24.3 Å². The second kappa shape index (κ2) is 4.64. The van der Waals surface area contributed by atoms with Gasteiger partial charge in [-0.15, -0.1) is 0 Å². The van der Waals surface area contributed by atoms with E-state index in [9.17, 15) is 20.0 Å². The zero-order chi connectivity index (χ0) is 15.1. The molecule has 3 aromatic rings. The number of nitrogens with one attached hydrogen (secondary N) is 1. The lowest BCUT2D eigenvalue weighted by Gasteiger charge is -2.06. The topological polar surface area (TPSA) is 101 Å². The lowest BCUT2D eigenvalue weighted by molar-refractivity contribution is -0.384. The third-order valence-corrected chi connectivity index (χ3v) is 3.29. The van der Waals surface area contributed by atoms with Crippen molar-refractivity contribution in [2.45, 2.75) is 0 Å². The van der Waals surface area contributed by atoms with Crippen LogP contribution in [0.15, 0.2) is 41.2 Å². The summed E-state index contributed by atoms with van der Waals surface area (Å²) in [4.78, 5) is 24.8. The molecule has 2 N–H and O–H groups in total. The number of nitrogens with zero attached hydrogens (tertiary/aromatic N) is 2. The maximum Gasteiger partial charge on any atom is 0.331 e. The zero-order valence-electron chi connectivity index (χ0n) is 10.4. The third kappa shape index (κ3) is 2.13. The van der Waals surface area contributed by atoms with Gasteiger partial charge in [-0.25, -0.2) is 4.79 Å². The Morgan fingerprint density at radius 3 is 2.71 bits per heavy atom. The number of imidazole rings is 1. The van der Waals surface area contributed by atoms with Gasteiger partial charge < -0.3 is 10.1 Å². The van der Waals surface area contributed by atoms with Gasteiger partial charge in [-0.3, -0.25) is 14.7 Å². The molecule has 0 fully saturated rings. The number of aromatic nitrogens is 2. The number of phenolic OH excluding ortho intramolecular Hbond substituents is 1. The SMILES string of the molecule is O=c1[nH]c2cc([N+](=O)[O-])ccc2n1-c1cc(Cl)ccc1O. The summed E-state index contributed by atoms with van der Waals surface area (Å²) < 4.78 is 1.21. The number of non-ortho nitro benzene ring substituents is 1. The first-order valence-electron chi connectivity index (χ1n) is 5.85. The van der Waals surface area contributed by atoms with Crippen LogP contribution < -0.4 is 5.69 Å². The molecule has 0 bridgehead atoms. The Balaban J connectivity index is 2.33. The molecule has 3 rings (SSSR count). The molecule has 0 amide bonds. The first-order valence-corrected chi connectivity index (χ1v) is 6.23. The maximum absolute atomic E-state index is 12.1. The summed E-state index contributed by atoms with van der Waals surface area (Å²) in [5.74, 6) is -0.124. The fourth-order valence-corrected chi connectivity index (χ4v) is 2.29. The Hall–Kier alpha value is -2.80. The van der Waals surface area contributed by atoms with Gasteiger partial charge in [-0.1, -0.05) is 11.6 Å². The van der Waals surface area contributed by atoms with Crippen molar-refractivity contribution in [1.82, 2.24) is 9.55 Å². The van der Waals surface area contributed by atoms with Gasteiger partial charge in [0.2, 0.25) is 0 Å². The number of halogens is 1. The van der Waals surface area contributed by atoms with E-state index in [-0.39, 0.29) is 17.1 Å². The summed E-state index contributed by atoms with van der Waals surface area (Å²) in [5, 5.41) is 21.0.